The largest absolute Gasteiger partial charge is 0.507 e. The van der Waals surface area contributed by atoms with Crippen molar-refractivity contribution in [1.82, 2.24) is 14.4 Å². The predicted octanol–water partition coefficient (Wildman–Crippen LogP) is 3.68. The van der Waals surface area contributed by atoms with Crippen LogP contribution in [0.25, 0.3) is 16.9 Å². The highest BCUT2D eigenvalue weighted by atomic mass is 16.5. The molecule has 0 spiro atoms. The Kier molecular flexibility index (Phi) is 3.59. The molecule has 4 rings (SSSR count). The number of para-hydroxylation sites is 2. The van der Waals surface area contributed by atoms with Crippen molar-refractivity contribution in [2.45, 2.75) is 6.61 Å². The van der Waals surface area contributed by atoms with E-state index in [1.54, 1.807) is 18.3 Å². The number of ether oxygens (including phenoxy) is 1. The summed E-state index contributed by atoms with van der Waals surface area (Å²) in [6, 6.07) is 16.8. The summed E-state index contributed by atoms with van der Waals surface area (Å²) < 4.78 is 7.55. The third-order valence-electron chi connectivity index (χ3n) is 3.70. The van der Waals surface area contributed by atoms with E-state index in [0.29, 0.717) is 12.4 Å². The van der Waals surface area contributed by atoms with E-state index in [0.717, 1.165) is 22.6 Å². The quantitative estimate of drug-likeness (QED) is 0.624. The van der Waals surface area contributed by atoms with Crippen LogP contribution in [-0.4, -0.2) is 19.5 Å². The van der Waals surface area contributed by atoms with E-state index >= 15 is 0 Å². The maximum atomic E-state index is 9.98. The second kappa shape index (κ2) is 6.04. The summed E-state index contributed by atoms with van der Waals surface area (Å²) in [7, 11) is 0. The van der Waals surface area contributed by atoms with Crippen molar-refractivity contribution in [3.8, 4) is 22.6 Å². The highest BCUT2D eigenvalue weighted by Crippen LogP contribution is 2.28. The van der Waals surface area contributed by atoms with Crippen LogP contribution < -0.4 is 4.74 Å². The fourth-order valence-electron chi connectivity index (χ4n) is 2.53. The molecule has 0 aliphatic heterocycles. The smallest absolute Gasteiger partial charge is 0.234 e. The van der Waals surface area contributed by atoms with Crippen LogP contribution in [0.1, 0.15) is 5.69 Å². The Hall–Kier alpha value is -3.34. The lowest BCUT2D eigenvalue weighted by atomic mass is 10.1. The van der Waals surface area contributed by atoms with E-state index in [9.17, 15) is 5.11 Å². The molecule has 0 aliphatic carbocycles. The third-order valence-corrected chi connectivity index (χ3v) is 3.70. The van der Waals surface area contributed by atoms with E-state index in [4.69, 9.17) is 4.74 Å². The molecule has 0 atom stereocenters. The molecule has 2 aromatic carbocycles. The van der Waals surface area contributed by atoms with E-state index in [1.807, 2.05) is 59.3 Å². The number of fused-ring (bicyclic) bond motifs is 1. The zero-order valence-electron chi connectivity index (χ0n) is 12.8. The Balaban J connectivity index is 1.61. The van der Waals surface area contributed by atoms with Gasteiger partial charge in [-0.15, -0.1) is 0 Å². The molecule has 5 nitrogen and oxygen atoms in total. The number of phenolic OH excluding ortho intramolecular Hbond substituents is 1. The maximum absolute atomic E-state index is 9.98. The van der Waals surface area contributed by atoms with Crippen molar-refractivity contribution < 1.29 is 9.84 Å². The fourth-order valence-corrected chi connectivity index (χ4v) is 2.53. The van der Waals surface area contributed by atoms with Crippen LogP contribution in [0.15, 0.2) is 73.2 Å². The summed E-state index contributed by atoms with van der Waals surface area (Å²) in [6.07, 6.45) is 5.49. The first-order chi connectivity index (χ1) is 11.8. The minimum atomic E-state index is 0.228. The molecule has 118 valence electrons. The first-order valence-corrected chi connectivity index (χ1v) is 7.59. The summed E-state index contributed by atoms with van der Waals surface area (Å²) in [5.41, 5.74) is 2.36. The summed E-state index contributed by atoms with van der Waals surface area (Å²) in [5, 5.41) is 9.98. The number of hydrogen-bond donors (Lipinski definition) is 1. The molecule has 0 saturated heterocycles. The number of rotatable bonds is 4. The zero-order chi connectivity index (χ0) is 16.4. The Morgan fingerprint density at radius 1 is 0.958 bits per heavy atom. The molecule has 5 heteroatoms. The molecule has 1 N–H and O–H groups in total. The monoisotopic (exact) mass is 317 g/mol. The number of aromatic hydroxyl groups is 1. The average Bonchev–Trinajstić information content (AvgIpc) is 3.03. The Morgan fingerprint density at radius 2 is 1.75 bits per heavy atom. The number of benzene rings is 2. The first kappa shape index (κ1) is 14.3. The van der Waals surface area contributed by atoms with Gasteiger partial charge in [0, 0.05) is 29.7 Å². The lowest BCUT2D eigenvalue weighted by Crippen LogP contribution is -1.94. The minimum absolute atomic E-state index is 0.228. The van der Waals surface area contributed by atoms with Crippen molar-refractivity contribution >= 4 is 5.78 Å². The average molecular weight is 317 g/mol. The molecule has 0 radical (unpaired) electrons. The molecule has 0 aliphatic rings. The number of hydrogen-bond acceptors (Lipinski definition) is 4. The van der Waals surface area contributed by atoms with Crippen molar-refractivity contribution in [2.24, 2.45) is 0 Å². The Bertz CT molecular complexity index is 980. The van der Waals surface area contributed by atoms with Gasteiger partial charge < -0.3 is 9.84 Å². The van der Waals surface area contributed by atoms with E-state index < -0.39 is 0 Å². The van der Waals surface area contributed by atoms with Gasteiger partial charge in [-0.2, -0.15) is 0 Å². The van der Waals surface area contributed by atoms with Gasteiger partial charge >= 0.3 is 0 Å². The van der Waals surface area contributed by atoms with Crippen LogP contribution in [0, 0.1) is 0 Å². The van der Waals surface area contributed by atoms with Crippen LogP contribution in [0.2, 0.25) is 0 Å². The second-order valence-electron chi connectivity index (χ2n) is 5.40. The van der Waals surface area contributed by atoms with Crippen molar-refractivity contribution in [1.29, 1.82) is 0 Å². The summed E-state index contributed by atoms with van der Waals surface area (Å²) in [5.74, 6) is 1.63. The highest BCUT2D eigenvalue weighted by molar-refractivity contribution is 5.69. The Labute approximate surface area is 138 Å². The molecule has 0 amide bonds. The van der Waals surface area contributed by atoms with Gasteiger partial charge in [0.05, 0.1) is 5.69 Å². The molecular formula is C19H15N3O2. The van der Waals surface area contributed by atoms with Gasteiger partial charge in [-0.05, 0) is 18.2 Å². The molecule has 0 saturated carbocycles. The van der Waals surface area contributed by atoms with E-state index in [1.165, 1.54) is 0 Å². The maximum Gasteiger partial charge on any atom is 0.234 e. The van der Waals surface area contributed by atoms with Crippen molar-refractivity contribution in [3.63, 3.8) is 0 Å². The number of aromatic nitrogens is 3. The van der Waals surface area contributed by atoms with E-state index in [2.05, 4.69) is 9.97 Å². The molecule has 0 unspecified atom stereocenters. The molecule has 0 fully saturated rings. The molecule has 24 heavy (non-hydrogen) atoms. The van der Waals surface area contributed by atoms with Gasteiger partial charge in [-0.1, -0.05) is 36.4 Å². The van der Waals surface area contributed by atoms with Gasteiger partial charge in [-0.3, -0.25) is 4.40 Å². The number of phenols is 1. The van der Waals surface area contributed by atoms with Crippen LogP contribution in [-0.2, 0) is 6.61 Å². The summed E-state index contributed by atoms with van der Waals surface area (Å²) >= 11 is 0. The molecule has 0 bridgehead atoms. The van der Waals surface area contributed by atoms with E-state index in [-0.39, 0.29) is 5.75 Å². The van der Waals surface area contributed by atoms with Crippen molar-refractivity contribution in [2.75, 3.05) is 0 Å². The molecule has 4 aromatic rings. The fraction of sp³-hybridized carbons (Fsp3) is 0.0526. The first-order valence-electron chi connectivity index (χ1n) is 7.59. The van der Waals surface area contributed by atoms with Crippen LogP contribution in [0.5, 0.6) is 11.5 Å². The summed E-state index contributed by atoms with van der Waals surface area (Å²) in [6.45, 7) is 0.374. The van der Waals surface area contributed by atoms with Gasteiger partial charge in [0.15, 0.2) is 0 Å². The van der Waals surface area contributed by atoms with Crippen LogP contribution in [0.3, 0.4) is 0 Å². The van der Waals surface area contributed by atoms with Gasteiger partial charge in [0.2, 0.25) is 5.78 Å². The third kappa shape index (κ3) is 2.79. The van der Waals surface area contributed by atoms with Crippen LogP contribution >= 0.6 is 0 Å². The topological polar surface area (TPSA) is 59.7 Å². The van der Waals surface area contributed by atoms with Gasteiger partial charge in [-0.25, -0.2) is 9.97 Å². The lowest BCUT2D eigenvalue weighted by Gasteiger charge is -2.04. The highest BCUT2D eigenvalue weighted by Gasteiger charge is 2.08. The van der Waals surface area contributed by atoms with Crippen LogP contribution in [0.4, 0.5) is 0 Å². The predicted molar refractivity (Wildman–Crippen MR) is 90.9 cm³/mol. The summed E-state index contributed by atoms with van der Waals surface area (Å²) in [4.78, 5) is 8.81. The molecule has 2 aromatic heterocycles. The molecular weight excluding hydrogens is 302 g/mol. The number of nitrogens with zero attached hydrogens (tertiary/aromatic N) is 3. The SMILES string of the molecule is Oc1ccccc1-c1cnc2nc(COc3ccccc3)cn2c1. The standard InChI is InChI=1S/C19H15N3O2/c23-18-9-5-4-8-17(18)14-10-20-19-21-15(12-22(19)11-14)13-24-16-6-2-1-3-7-16/h1-12,23H,13H2. The minimum Gasteiger partial charge on any atom is -0.507 e. The second-order valence-corrected chi connectivity index (χ2v) is 5.40. The normalized spacial score (nSPS) is 10.8. The Morgan fingerprint density at radius 3 is 2.58 bits per heavy atom. The molecule has 2 heterocycles. The van der Waals surface area contributed by atoms with Gasteiger partial charge in [0.25, 0.3) is 0 Å². The van der Waals surface area contributed by atoms with Gasteiger partial charge in [0.1, 0.15) is 18.1 Å². The lowest BCUT2D eigenvalue weighted by molar-refractivity contribution is 0.302. The zero-order valence-corrected chi connectivity index (χ0v) is 12.8. The van der Waals surface area contributed by atoms with Crippen molar-refractivity contribution in [3.05, 3.63) is 78.9 Å². The number of imidazole rings is 1.